The molecule has 2 aliphatic rings. The van der Waals surface area contributed by atoms with Crippen LogP contribution in [0.15, 0.2) is 0 Å². The van der Waals surface area contributed by atoms with Crippen LogP contribution in [0.5, 0.6) is 0 Å². The summed E-state index contributed by atoms with van der Waals surface area (Å²) in [6, 6.07) is 0. The normalized spacial score (nSPS) is 37.6. The minimum Gasteiger partial charge on any atom is -0.393 e. The second-order valence-electron chi connectivity index (χ2n) is 4.97. The Labute approximate surface area is 100 Å². The van der Waals surface area contributed by atoms with Gasteiger partial charge in [-0.15, -0.1) is 0 Å². The van der Waals surface area contributed by atoms with Crippen molar-refractivity contribution in [3.05, 3.63) is 0 Å². The summed E-state index contributed by atoms with van der Waals surface area (Å²) in [5.41, 5.74) is 0. The van der Waals surface area contributed by atoms with Crippen LogP contribution in [-0.2, 0) is 13.8 Å². The maximum atomic E-state index is 11.5. The lowest BCUT2D eigenvalue weighted by atomic mass is 9.98. The van der Waals surface area contributed by atoms with Crippen LogP contribution < -0.4 is 0 Å². The van der Waals surface area contributed by atoms with Gasteiger partial charge in [0.05, 0.1) is 10.9 Å². The highest BCUT2D eigenvalue weighted by Crippen LogP contribution is 2.57. The number of rotatable bonds is 4. The maximum Gasteiger partial charge on any atom is 0.238 e. The third kappa shape index (κ3) is 1.98. The van der Waals surface area contributed by atoms with Gasteiger partial charge in [-0.2, -0.15) is 0 Å². The monoisotopic (exact) mass is 268 g/mol. The molecule has 2 fully saturated rings. The van der Waals surface area contributed by atoms with Gasteiger partial charge in [0.25, 0.3) is 0 Å². The van der Waals surface area contributed by atoms with E-state index in [4.69, 9.17) is 15.4 Å². The van der Waals surface area contributed by atoms with Gasteiger partial charge in [-0.3, -0.25) is 0 Å². The molecule has 16 heavy (non-hydrogen) atoms. The van der Waals surface area contributed by atoms with Crippen molar-refractivity contribution in [3.8, 4) is 0 Å². The molecule has 0 aromatic carbocycles. The number of halogens is 1. The van der Waals surface area contributed by atoms with E-state index in [0.29, 0.717) is 32.3 Å². The smallest absolute Gasteiger partial charge is 0.238 e. The standard InChI is InChI=1S/C10H17ClO4S/c1-15-6-7-4-8(9(12)5-7)10(2-3-10)16(11,13)14/h7-9,12H,2-6H2,1H3. The summed E-state index contributed by atoms with van der Waals surface area (Å²) in [6.45, 7) is 0.575. The first kappa shape index (κ1) is 12.6. The Balaban J connectivity index is 2.12. The molecule has 2 rings (SSSR count). The molecule has 0 heterocycles. The molecular weight excluding hydrogens is 252 g/mol. The molecule has 6 heteroatoms. The molecule has 2 aliphatic carbocycles. The Bertz CT molecular complexity index is 363. The summed E-state index contributed by atoms with van der Waals surface area (Å²) in [5.74, 6) is 0.0380. The zero-order valence-electron chi connectivity index (χ0n) is 9.23. The SMILES string of the molecule is COCC1CC(O)C(C2(S(=O)(=O)Cl)CC2)C1. The van der Waals surface area contributed by atoms with Crippen molar-refractivity contribution in [1.29, 1.82) is 0 Å². The number of hydrogen-bond donors (Lipinski definition) is 1. The highest BCUT2D eigenvalue weighted by Gasteiger charge is 2.62. The predicted octanol–water partition coefficient (Wildman–Crippen LogP) is 1.12. The van der Waals surface area contributed by atoms with Crippen LogP contribution in [0.25, 0.3) is 0 Å². The second-order valence-corrected chi connectivity index (χ2v) is 7.88. The van der Waals surface area contributed by atoms with Gasteiger partial charge in [0.15, 0.2) is 0 Å². The lowest BCUT2D eigenvalue weighted by Crippen LogP contribution is -2.34. The van der Waals surface area contributed by atoms with E-state index in [1.165, 1.54) is 0 Å². The minimum absolute atomic E-state index is 0.213. The van der Waals surface area contributed by atoms with E-state index in [9.17, 15) is 13.5 Å². The van der Waals surface area contributed by atoms with Gasteiger partial charge < -0.3 is 9.84 Å². The molecule has 4 nitrogen and oxygen atoms in total. The highest BCUT2D eigenvalue weighted by molar-refractivity contribution is 8.15. The fourth-order valence-corrected chi connectivity index (χ4v) is 4.98. The highest BCUT2D eigenvalue weighted by atomic mass is 35.7. The molecule has 0 aromatic heterocycles. The summed E-state index contributed by atoms with van der Waals surface area (Å²) >= 11 is 0. The first-order chi connectivity index (χ1) is 7.40. The van der Waals surface area contributed by atoms with E-state index in [1.54, 1.807) is 7.11 Å². The number of hydrogen-bond acceptors (Lipinski definition) is 4. The summed E-state index contributed by atoms with van der Waals surface area (Å²) < 4.78 is 27.3. The first-order valence-corrected chi connectivity index (χ1v) is 7.83. The van der Waals surface area contributed by atoms with Crippen LogP contribution >= 0.6 is 10.7 Å². The van der Waals surface area contributed by atoms with E-state index in [1.807, 2.05) is 0 Å². The molecule has 3 unspecified atom stereocenters. The van der Waals surface area contributed by atoms with E-state index >= 15 is 0 Å². The number of ether oxygens (including phenoxy) is 1. The molecule has 1 N–H and O–H groups in total. The Morgan fingerprint density at radius 3 is 2.50 bits per heavy atom. The Kier molecular flexibility index (Phi) is 3.25. The van der Waals surface area contributed by atoms with E-state index < -0.39 is 19.9 Å². The third-order valence-corrected chi connectivity index (χ3v) is 6.54. The van der Waals surface area contributed by atoms with E-state index in [-0.39, 0.29) is 11.8 Å². The molecule has 0 amide bonds. The molecule has 2 saturated carbocycles. The van der Waals surface area contributed by atoms with Crippen molar-refractivity contribution < 1.29 is 18.3 Å². The minimum atomic E-state index is -3.57. The number of methoxy groups -OCH3 is 1. The summed E-state index contributed by atoms with van der Waals surface area (Å²) in [6.07, 6.45) is 1.92. The molecule has 0 saturated heterocycles. The van der Waals surface area contributed by atoms with Crippen molar-refractivity contribution >= 4 is 19.7 Å². The van der Waals surface area contributed by atoms with Gasteiger partial charge in [-0.25, -0.2) is 8.42 Å². The van der Waals surface area contributed by atoms with Gasteiger partial charge in [0.1, 0.15) is 0 Å². The van der Waals surface area contributed by atoms with Gasteiger partial charge in [-0.05, 0) is 31.6 Å². The van der Waals surface area contributed by atoms with E-state index in [2.05, 4.69) is 0 Å². The van der Waals surface area contributed by atoms with Crippen molar-refractivity contribution in [3.63, 3.8) is 0 Å². The van der Waals surface area contributed by atoms with Crippen molar-refractivity contribution in [2.24, 2.45) is 11.8 Å². The van der Waals surface area contributed by atoms with Crippen LogP contribution in [0.4, 0.5) is 0 Å². The van der Waals surface area contributed by atoms with Gasteiger partial charge in [0, 0.05) is 30.3 Å². The van der Waals surface area contributed by atoms with Crippen LogP contribution in [0, 0.1) is 11.8 Å². The maximum absolute atomic E-state index is 11.5. The number of aliphatic hydroxyl groups is 1. The molecule has 0 spiro atoms. The quantitative estimate of drug-likeness (QED) is 0.776. The third-order valence-electron chi connectivity index (χ3n) is 3.93. The molecule has 3 atom stereocenters. The van der Waals surface area contributed by atoms with Crippen LogP contribution in [-0.4, -0.2) is 38.1 Å². The summed E-state index contributed by atoms with van der Waals surface area (Å²) in [7, 11) is 3.53. The molecule has 0 radical (unpaired) electrons. The summed E-state index contributed by atoms with van der Waals surface area (Å²) in [4.78, 5) is 0. The average molecular weight is 269 g/mol. The second kappa shape index (κ2) is 4.12. The van der Waals surface area contributed by atoms with Gasteiger partial charge in [0.2, 0.25) is 9.05 Å². The first-order valence-electron chi connectivity index (χ1n) is 5.52. The number of aliphatic hydroxyl groups excluding tert-OH is 1. The Hall–Kier alpha value is 0.160. The molecule has 0 bridgehead atoms. The van der Waals surface area contributed by atoms with Gasteiger partial charge >= 0.3 is 0 Å². The Morgan fingerprint density at radius 2 is 2.06 bits per heavy atom. The predicted molar refractivity (Wildman–Crippen MR) is 60.8 cm³/mol. The van der Waals surface area contributed by atoms with Crippen molar-refractivity contribution in [2.75, 3.05) is 13.7 Å². The van der Waals surface area contributed by atoms with Gasteiger partial charge in [-0.1, -0.05) is 0 Å². The average Bonchev–Trinajstić information content (AvgIpc) is 2.88. The van der Waals surface area contributed by atoms with Crippen molar-refractivity contribution in [1.82, 2.24) is 0 Å². The lowest BCUT2D eigenvalue weighted by molar-refractivity contribution is 0.118. The van der Waals surface area contributed by atoms with Crippen LogP contribution in [0.2, 0.25) is 0 Å². The van der Waals surface area contributed by atoms with E-state index in [0.717, 1.165) is 0 Å². The van der Waals surface area contributed by atoms with Crippen LogP contribution in [0.3, 0.4) is 0 Å². The van der Waals surface area contributed by atoms with Crippen LogP contribution in [0.1, 0.15) is 25.7 Å². The zero-order chi connectivity index (χ0) is 12.0. The van der Waals surface area contributed by atoms with Crippen molar-refractivity contribution in [2.45, 2.75) is 36.5 Å². The largest absolute Gasteiger partial charge is 0.393 e. The fraction of sp³-hybridized carbons (Fsp3) is 1.00. The topological polar surface area (TPSA) is 63.6 Å². The fourth-order valence-electron chi connectivity index (χ4n) is 2.97. The molecule has 94 valence electrons. The zero-order valence-corrected chi connectivity index (χ0v) is 10.8. The molecular formula is C10H17ClO4S. The summed E-state index contributed by atoms with van der Waals surface area (Å²) in [5, 5.41) is 9.95. The molecule has 0 aromatic rings. The Morgan fingerprint density at radius 1 is 1.44 bits per heavy atom. The lowest BCUT2D eigenvalue weighted by Gasteiger charge is -2.22. The molecule has 0 aliphatic heterocycles.